The molecule has 2 N–H and O–H groups in total. The lowest BCUT2D eigenvalue weighted by molar-refractivity contribution is 0.0952. The van der Waals surface area contributed by atoms with E-state index in [9.17, 15) is 4.79 Å². The van der Waals surface area contributed by atoms with Crippen LogP contribution in [0.5, 0.6) is 0 Å². The van der Waals surface area contributed by atoms with Crippen molar-refractivity contribution in [3.63, 3.8) is 0 Å². The molecule has 0 saturated carbocycles. The molecule has 7 nitrogen and oxygen atoms in total. The van der Waals surface area contributed by atoms with Crippen molar-refractivity contribution in [3.8, 4) is 5.69 Å². The van der Waals surface area contributed by atoms with Crippen molar-refractivity contribution in [2.75, 3.05) is 13.2 Å². The quantitative estimate of drug-likeness (QED) is 0.735. The lowest BCUT2D eigenvalue weighted by atomic mass is 10.1. The molecule has 0 aliphatic carbocycles. The molecule has 1 aromatic carbocycles. The molecular formula is C14H19N5O2. The molecule has 2 aromatic rings. The van der Waals surface area contributed by atoms with Gasteiger partial charge >= 0.3 is 0 Å². The highest BCUT2D eigenvalue weighted by Gasteiger charge is 2.06. The van der Waals surface area contributed by atoms with Gasteiger partial charge in [-0.05, 0) is 53.5 Å². The van der Waals surface area contributed by atoms with Crippen molar-refractivity contribution in [2.45, 2.75) is 19.8 Å². The van der Waals surface area contributed by atoms with Gasteiger partial charge in [-0.2, -0.15) is 0 Å². The molecule has 21 heavy (non-hydrogen) atoms. The van der Waals surface area contributed by atoms with E-state index in [0.29, 0.717) is 12.1 Å². The number of hydrogen-bond donors (Lipinski definition) is 2. The fraction of sp³-hybridized carbons (Fsp3) is 0.429. The summed E-state index contributed by atoms with van der Waals surface area (Å²) in [7, 11) is 0. The van der Waals surface area contributed by atoms with E-state index in [-0.39, 0.29) is 18.4 Å². The number of aromatic nitrogens is 4. The van der Waals surface area contributed by atoms with Crippen LogP contribution in [0.4, 0.5) is 0 Å². The Morgan fingerprint density at radius 2 is 2.14 bits per heavy atom. The summed E-state index contributed by atoms with van der Waals surface area (Å²) in [6.07, 6.45) is 3.25. The second kappa shape index (κ2) is 7.49. The molecule has 0 spiro atoms. The molecule has 0 saturated heterocycles. The van der Waals surface area contributed by atoms with E-state index in [4.69, 9.17) is 5.11 Å². The summed E-state index contributed by atoms with van der Waals surface area (Å²) in [6.45, 7) is 2.78. The Hall–Kier alpha value is -2.28. The summed E-state index contributed by atoms with van der Waals surface area (Å²) < 4.78 is 1.53. The van der Waals surface area contributed by atoms with E-state index >= 15 is 0 Å². The van der Waals surface area contributed by atoms with Crippen molar-refractivity contribution in [3.05, 3.63) is 36.2 Å². The number of tetrazole rings is 1. The first-order valence-corrected chi connectivity index (χ1v) is 6.93. The predicted molar refractivity (Wildman–Crippen MR) is 77.0 cm³/mol. The summed E-state index contributed by atoms with van der Waals surface area (Å²) in [5.74, 6) is 0.174. The third kappa shape index (κ3) is 4.35. The number of hydrogen-bond acceptors (Lipinski definition) is 5. The zero-order valence-corrected chi connectivity index (χ0v) is 11.9. The minimum atomic E-state index is -0.102. The van der Waals surface area contributed by atoms with Crippen LogP contribution in [0.3, 0.4) is 0 Å². The van der Waals surface area contributed by atoms with Crippen LogP contribution in [-0.4, -0.2) is 44.4 Å². The first kappa shape index (κ1) is 15.1. The molecule has 0 bridgehead atoms. The normalized spacial score (nSPS) is 12.1. The summed E-state index contributed by atoms with van der Waals surface area (Å²) in [5, 5.41) is 22.7. The van der Waals surface area contributed by atoms with Crippen molar-refractivity contribution in [2.24, 2.45) is 5.92 Å². The molecule has 0 aliphatic rings. The van der Waals surface area contributed by atoms with Gasteiger partial charge in [0.2, 0.25) is 0 Å². The van der Waals surface area contributed by atoms with Crippen molar-refractivity contribution >= 4 is 5.91 Å². The maximum Gasteiger partial charge on any atom is 0.251 e. The number of amides is 1. The highest BCUT2D eigenvalue weighted by atomic mass is 16.3. The van der Waals surface area contributed by atoms with Crippen LogP contribution in [0.2, 0.25) is 0 Å². The fourth-order valence-corrected chi connectivity index (χ4v) is 1.89. The molecular weight excluding hydrogens is 270 g/mol. The molecule has 0 radical (unpaired) electrons. The van der Waals surface area contributed by atoms with E-state index in [1.54, 1.807) is 24.3 Å². The van der Waals surface area contributed by atoms with E-state index in [0.717, 1.165) is 18.5 Å². The third-order valence-electron chi connectivity index (χ3n) is 3.21. The van der Waals surface area contributed by atoms with Gasteiger partial charge in [-0.25, -0.2) is 4.68 Å². The van der Waals surface area contributed by atoms with E-state index in [1.807, 2.05) is 6.92 Å². The molecule has 0 fully saturated rings. The Kier molecular flexibility index (Phi) is 5.39. The minimum absolute atomic E-state index is 0.102. The van der Waals surface area contributed by atoms with Crippen LogP contribution in [0, 0.1) is 5.92 Å². The standard InChI is InChI=1S/C14H19N5O2/c1-11(9-20)3-2-8-15-14(21)12-4-6-13(7-5-12)19-10-16-17-18-19/h4-7,10-11,20H,2-3,8-9H2,1H3,(H,15,21). The van der Waals surface area contributed by atoms with E-state index in [1.165, 1.54) is 11.0 Å². The topological polar surface area (TPSA) is 92.9 Å². The molecule has 1 atom stereocenters. The van der Waals surface area contributed by atoms with Gasteiger partial charge in [-0.3, -0.25) is 4.79 Å². The molecule has 1 heterocycles. The minimum Gasteiger partial charge on any atom is -0.396 e. The summed E-state index contributed by atoms with van der Waals surface area (Å²) in [4.78, 5) is 11.9. The Bertz CT molecular complexity index is 553. The highest BCUT2D eigenvalue weighted by molar-refractivity contribution is 5.94. The van der Waals surface area contributed by atoms with Crippen molar-refractivity contribution in [1.82, 2.24) is 25.5 Å². The lowest BCUT2D eigenvalue weighted by Crippen LogP contribution is -2.24. The smallest absolute Gasteiger partial charge is 0.251 e. The Labute approximate surface area is 123 Å². The number of nitrogens with one attached hydrogen (secondary N) is 1. The summed E-state index contributed by atoms with van der Waals surface area (Å²) >= 11 is 0. The van der Waals surface area contributed by atoms with Gasteiger partial charge < -0.3 is 10.4 Å². The summed E-state index contributed by atoms with van der Waals surface area (Å²) in [6, 6.07) is 7.06. The van der Waals surface area contributed by atoms with Gasteiger partial charge in [0, 0.05) is 18.7 Å². The number of rotatable bonds is 7. The molecule has 112 valence electrons. The Morgan fingerprint density at radius 1 is 1.38 bits per heavy atom. The zero-order valence-electron chi connectivity index (χ0n) is 11.9. The van der Waals surface area contributed by atoms with Crippen LogP contribution >= 0.6 is 0 Å². The van der Waals surface area contributed by atoms with E-state index in [2.05, 4.69) is 20.8 Å². The molecule has 1 amide bonds. The van der Waals surface area contributed by atoms with Crippen LogP contribution in [-0.2, 0) is 0 Å². The maximum absolute atomic E-state index is 11.9. The van der Waals surface area contributed by atoms with Crippen molar-refractivity contribution in [1.29, 1.82) is 0 Å². The fourth-order valence-electron chi connectivity index (χ4n) is 1.89. The van der Waals surface area contributed by atoms with Gasteiger partial charge in [0.15, 0.2) is 0 Å². The Balaban J connectivity index is 1.83. The molecule has 7 heteroatoms. The van der Waals surface area contributed by atoms with Crippen LogP contribution in [0.15, 0.2) is 30.6 Å². The third-order valence-corrected chi connectivity index (χ3v) is 3.21. The van der Waals surface area contributed by atoms with E-state index < -0.39 is 0 Å². The van der Waals surface area contributed by atoms with Crippen LogP contribution < -0.4 is 5.32 Å². The molecule has 1 unspecified atom stereocenters. The highest BCUT2D eigenvalue weighted by Crippen LogP contribution is 2.08. The van der Waals surface area contributed by atoms with Gasteiger partial charge in [-0.1, -0.05) is 6.92 Å². The average Bonchev–Trinajstić information content (AvgIpc) is 3.05. The SMILES string of the molecule is CC(CO)CCCNC(=O)c1ccc(-n2cnnn2)cc1. The second-order valence-corrected chi connectivity index (χ2v) is 4.99. The monoisotopic (exact) mass is 289 g/mol. The number of carbonyl (C=O) groups is 1. The lowest BCUT2D eigenvalue weighted by Gasteiger charge is -2.08. The molecule has 0 aliphatic heterocycles. The number of aliphatic hydroxyl groups excluding tert-OH is 1. The average molecular weight is 289 g/mol. The number of carbonyl (C=O) groups excluding carboxylic acids is 1. The van der Waals surface area contributed by atoms with Gasteiger partial charge in [-0.15, -0.1) is 5.10 Å². The maximum atomic E-state index is 11.9. The second-order valence-electron chi connectivity index (χ2n) is 4.99. The van der Waals surface area contributed by atoms with Gasteiger partial charge in [0.05, 0.1) is 5.69 Å². The summed E-state index contributed by atoms with van der Waals surface area (Å²) in [5.41, 5.74) is 1.40. The number of benzene rings is 1. The first-order valence-electron chi connectivity index (χ1n) is 6.93. The Morgan fingerprint density at radius 3 is 2.76 bits per heavy atom. The zero-order chi connectivity index (χ0) is 15.1. The van der Waals surface area contributed by atoms with Crippen LogP contribution in [0.25, 0.3) is 5.69 Å². The molecule has 2 rings (SSSR count). The van der Waals surface area contributed by atoms with Crippen LogP contribution in [0.1, 0.15) is 30.1 Å². The largest absolute Gasteiger partial charge is 0.396 e. The number of nitrogens with zero attached hydrogens (tertiary/aromatic N) is 4. The van der Waals surface area contributed by atoms with Gasteiger partial charge in [0.25, 0.3) is 5.91 Å². The molecule has 1 aromatic heterocycles. The number of aliphatic hydroxyl groups is 1. The van der Waals surface area contributed by atoms with Gasteiger partial charge in [0.1, 0.15) is 6.33 Å². The predicted octanol–water partition coefficient (Wildman–Crippen LogP) is 0.801. The van der Waals surface area contributed by atoms with Crippen molar-refractivity contribution < 1.29 is 9.90 Å². The first-order chi connectivity index (χ1) is 10.2.